The van der Waals surface area contributed by atoms with Crippen LogP contribution in [0.5, 0.6) is 0 Å². The molecule has 1 atom stereocenters. The number of carbonyl (C=O) groups excluding carboxylic acids is 1. The highest BCUT2D eigenvalue weighted by Crippen LogP contribution is 2.23. The second-order valence-electron chi connectivity index (χ2n) is 5.21. The van der Waals surface area contributed by atoms with Crippen molar-refractivity contribution < 1.29 is 14.7 Å². The lowest BCUT2D eigenvalue weighted by atomic mass is 10.1. The van der Waals surface area contributed by atoms with Crippen LogP contribution in [-0.4, -0.2) is 40.6 Å². The van der Waals surface area contributed by atoms with Crippen molar-refractivity contribution >= 4 is 12.0 Å². The van der Waals surface area contributed by atoms with Gasteiger partial charge in [-0.2, -0.15) is 0 Å². The van der Waals surface area contributed by atoms with Gasteiger partial charge in [-0.05, 0) is 26.2 Å². The predicted molar refractivity (Wildman–Crippen MR) is 74.1 cm³/mol. The smallest absolute Gasteiger partial charge is 0.326 e. The van der Waals surface area contributed by atoms with Crippen LogP contribution in [-0.2, 0) is 4.79 Å². The highest BCUT2D eigenvalue weighted by Gasteiger charge is 2.28. The molecule has 0 aromatic rings. The van der Waals surface area contributed by atoms with Crippen molar-refractivity contribution in [3.8, 4) is 0 Å². The van der Waals surface area contributed by atoms with Crippen LogP contribution in [0, 0.1) is 0 Å². The van der Waals surface area contributed by atoms with Gasteiger partial charge in [0, 0.05) is 12.6 Å². The van der Waals surface area contributed by atoms with Crippen LogP contribution in [0.3, 0.4) is 0 Å². The van der Waals surface area contributed by atoms with Crippen molar-refractivity contribution in [3.05, 3.63) is 0 Å². The van der Waals surface area contributed by atoms with Crippen LogP contribution in [0.2, 0.25) is 0 Å². The molecule has 0 spiro atoms. The minimum Gasteiger partial charge on any atom is -0.480 e. The van der Waals surface area contributed by atoms with Gasteiger partial charge in [0.05, 0.1) is 0 Å². The van der Waals surface area contributed by atoms with Gasteiger partial charge in [0.25, 0.3) is 0 Å². The van der Waals surface area contributed by atoms with E-state index in [0.717, 1.165) is 38.5 Å². The Morgan fingerprint density at radius 3 is 2.42 bits per heavy atom. The maximum Gasteiger partial charge on any atom is 0.326 e. The minimum atomic E-state index is -0.940. The first-order chi connectivity index (χ1) is 9.10. The molecule has 2 N–H and O–H groups in total. The van der Waals surface area contributed by atoms with E-state index in [4.69, 9.17) is 5.11 Å². The summed E-state index contributed by atoms with van der Waals surface area (Å²) in [6.07, 6.45) is 6.63. The Labute approximate surface area is 115 Å². The van der Waals surface area contributed by atoms with Gasteiger partial charge >= 0.3 is 12.0 Å². The summed E-state index contributed by atoms with van der Waals surface area (Å²) in [7, 11) is 0. The Balaban J connectivity index is 2.55. The normalized spacial score (nSPS) is 17.2. The number of carboxylic acids is 1. The van der Waals surface area contributed by atoms with Crippen LogP contribution >= 0.6 is 0 Å². The standard InChI is InChI=1S/C14H26N2O3/c1-3-5-10-12(13(17)18)15-14(19)16(4-2)11-8-6-7-9-11/h11-12H,3-10H2,1-2H3,(H,15,19)(H,17,18)/t12-/m0/s1. The molecule has 19 heavy (non-hydrogen) atoms. The number of nitrogens with one attached hydrogen (secondary N) is 1. The maximum atomic E-state index is 12.2. The number of carboxylic acid groups (broad SMARTS) is 1. The summed E-state index contributed by atoms with van der Waals surface area (Å²) in [6.45, 7) is 4.59. The Morgan fingerprint density at radius 2 is 1.95 bits per heavy atom. The second-order valence-corrected chi connectivity index (χ2v) is 5.21. The summed E-state index contributed by atoms with van der Waals surface area (Å²) >= 11 is 0. The van der Waals surface area contributed by atoms with Crippen LogP contribution in [0.25, 0.3) is 0 Å². The number of amides is 2. The van der Waals surface area contributed by atoms with Crippen LogP contribution in [0.15, 0.2) is 0 Å². The van der Waals surface area contributed by atoms with Crippen molar-refractivity contribution in [2.45, 2.75) is 70.9 Å². The molecule has 0 heterocycles. The first-order valence-electron chi connectivity index (χ1n) is 7.40. The van der Waals surface area contributed by atoms with Crippen molar-refractivity contribution in [2.75, 3.05) is 6.54 Å². The maximum absolute atomic E-state index is 12.2. The van der Waals surface area contributed by atoms with E-state index in [9.17, 15) is 9.59 Å². The quantitative estimate of drug-likeness (QED) is 0.747. The number of aliphatic carboxylic acids is 1. The highest BCUT2D eigenvalue weighted by molar-refractivity contribution is 5.82. The molecular weight excluding hydrogens is 244 g/mol. The number of rotatable bonds is 7. The SMILES string of the molecule is CCCC[C@H](NC(=O)N(CC)C1CCCC1)C(=O)O. The summed E-state index contributed by atoms with van der Waals surface area (Å²) in [4.78, 5) is 25.1. The number of urea groups is 1. The van der Waals surface area contributed by atoms with Crippen LogP contribution < -0.4 is 5.32 Å². The first-order valence-corrected chi connectivity index (χ1v) is 7.40. The summed E-state index contributed by atoms with van der Waals surface area (Å²) < 4.78 is 0. The summed E-state index contributed by atoms with van der Waals surface area (Å²) in [5.41, 5.74) is 0. The third kappa shape index (κ3) is 4.73. The van der Waals surface area contributed by atoms with E-state index >= 15 is 0 Å². The topological polar surface area (TPSA) is 69.6 Å². The summed E-state index contributed by atoms with van der Waals surface area (Å²) in [6, 6.07) is -0.702. The van der Waals surface area contributed by atoms with Gasteiger partial charge in [0.1, 0.15) is 6.04 Å². The number of hydrogen-bond acceptors (Lipinski definition) is 2. The van der Waals surface area contributed by atoms with Gasteiger partial charge in [-0.15, -0.1) is 0 Å². The number of nitrogens with zero attached hydrogens (tertiary/aromatic N) is 1. The van der Waals surface area contributed by atoms with Crippen LogP contribution in [0.4, 0.5) is 4.79 Å². The van der Waals surface area contributed by atoms with E-state index < -0.39 is 12.0 Å². The average molecular weight is 270 g/mol. The fourth-order valence-corrected chi connectivity index (χ4v) is 2.68. The van der Waals surface area contributed by atoms with Crippen molar-refractivity contribution in [1.29, 1.82) is 0 Å². The molecule has 1 saturated carbocycles. The molecule has 110 valence electrons. The molecule has 5 heteroatoms. The molecule has 0 radical (unpaired) electrons. The number of carbonyl (C=O) groups is 2. The Morgan fingerprint density at radius 1 is 1.32 bits per heavy atom. The lowest BCUT2D eigenvalue weighted by molar-refractivity contribution is -0.139. The van der Waals surface area contributed by atoms with E-state index in [1.165, 1.54) is 0 Å². The van der Waals surface area contributed by atoms with E-state index in [0.29, 0.717) is 13.0 Å². The van der Waals surface area contributed by atoms with Gasteiger partial charge in [-0.25, -0.2) is 9.59 Å². The fourth-order valence-electron chi connectivity index (χ4n) is 2.68. The Bertz CT molecular complexity index is 301. The third-order valence-electron chi connectivity index (χ3n) is 3.81. The molecule has 1 aliphatic carbocycles. The fraction of sp³-hybridized carbons (Fsp3) is 0.857. The van der Waals surface area contributed by atoms with Gasteiger partial charge < -0.3 is 15.3 Å². The molecule has 1 fully saturated rings. The molecule has 1 rings (SSSR count). The highest BCUT2D eigenvalue weighted by atomic mass is 16.4. The second kappa shape index (κ2) is 8.02. The summed E-state index contributed by atoms with van der Waals surface area (Å²) in [5.74, 6) is -0.940. The monoisotopic (exact) mass is 270 g/mol. The lowest BCUT2D eigenvalue weighted by Gasteiger charge is -2.29. The predicted octanol–water partition coefficient (Wildman–Crippen LogP) is 2.60. The van der Waals surface area contributed by atoms with Gasteiger partial charge in [-0.1, -0.05) is 32.6 Å². The first kappa shape index (κ1) is 15.8. The molecule has 0 aliphatic heterocycles. The van der Waals surface area contributed by atoms with E-state index in [-0.39, 0.29) is 12.1 Å². The molecule has 1 aliphatic rings. The largest absolute Gasteiger partial charge is 0.480 e. The zero-order valence-electron chi connectivity index (χ0n) is 12.0. The molecule has 0 aromatic heterocycles. The zero-order chi connectivity index (χ0) is 14.3. The van der Waals surface area contributed by atoms with Crippen LogP contribution in [0.1, 0.15) is 58.8 Å². The van der Waals surface area contributed by atoms with Crippen molar-refractivity contribution in [2.24, 2.45) is 0 Å². The van der Waals surface area contributed by atoms with Gasteiger partial charge in [-0.3, -0.25) is 0 Å². The average Bonchev–Trinajstić information content (AvgIpc) is 2.88. The van der Waals surface area contributed by atoms with Gasteiger partial charge in [0.2, 0.25) is 0 Å². The molecule has 0 bridgehead atoms. The zero-order valence-corrected chi connectivity index (χ0v) is 12.0. The molecule has 0 saturated heterocycles. The lowest BCUT2D eigenvalue weighted by Crippen LogP contribution is -2.50. The molecule has 2 amide bonds. The number of hydrogen-bond donors (Lipinski definition) is 2. The Kier molecular flexibility index (Phi) is 6.67. The summed E-state index contributed by atoms with van der Waals surface area (Å²) in [5, 5.41) is 11.8. The van der Waals surface area contributed by atoms with Crippen molar-refractivity contribution in [3.63, 3.8) is 0 Å². The molecule has 0 unspecified atom stereocenters. The van der Waals surface area contributed by atoms with E-state index in [2.05, 4.69) is 5.32 Å². The Hall–Kier alpha value is -1.26. The van der Waals surface area contributed by atoms with Gasteiger partial charge in [0.15, 0.2) is 0 Å². The number of unbranched alkanes of at least 4 members (excludes halogenated alkanes) is 1. The molecule has 0 aromatic carbocycles. The van der Waals surface area contributed by atoms with E-state index in [1.807, 2.05) is 13.8 Å². The molecular formula is C14H26N2O3. The van der Waals surface area contributed by atoms with E-state index in [1.54, 1.807) is 4.90 Å². The van der Waals surface area contributed by atoms with Crippen molar-refractivity contribution in [1.82, 2.24) is 10.2 Å². The third-order valence-corrected chi connectivity index (χ3v) is 3.81. The molecule has 5 nitrogen and oxygen atoms in total. The minimum absolute atomic E-state index is 0.224.